The third kappa shape index (κ3) is 2.39. The Morgan fingerprint density at radius 3 is 2.54 bits per heavy atom. The lowest BCUT2D eigenvalue weighted by molar-refractivity contribution is -0.00341. The van der Waals surface area contributed by atoms with E-state index in [9.17, 15) is 4.79 Å². The first-order valence-electron chi connectivity index (χ1n) is 10.3. The molecule has 2 bridgehead atoms. The summed E-state index contributed by atoms with van der Waals surface area (Å²) in [6, 6.07) is 17.1. The summed E-state index contributed by atoms with van der Waals surface area (Å²) in [4.78, 5) is 18.4. The monoisotopic (exact) mass is 376 g/mol. The van der Waals surface area contributed by atoms with Gasteiger partial charge in [-0.2, -0.15) is 0 Å². The van der Waals surface area contributed by atoms with Crippen molar-refractivity contribution in [2.24, 2.45) is 5.92 Å². The van der Waals surface area contributed by atoms with Gasteiger partial charge in [-0.05, 0) is 55.6 Å². The van der Waals surface area contributed by atoms with Crippen LogP contribution in [0.25, 0.3) is 0 Å². The minimum Gasteiger partial charge on any atom is -0.454 e. The molecule has 2 aromatic rings. The van der Waals surface area contributed by atoms with Crippen molar-refractivity contribution >= 4 is 5.91 Å². The summed E-state index contributed by atoms with van der Waals surface area (Å²) in [6.07, 6.45) is 2.40. The summed E-state index contributed by atoms with van der Waals surface area (Å²) in [5.74, 6) is 2.52. The van der Waals surface area contributed by atoms with Crippen LogP contribution in [0.1, 0.15) is 34.7 Å². The molecular weight excluding hydrogens is 352 g/mol. The summed E-state index contributed by atoms with van der Waals surface area (Å²) in [7, 11) is 0. The van der Waals surface area contributed by atoms with Gasteiger partial charge in [0, 0.05) is 24.1 Å². The zero-order valence-electron chi connectivity index (χ0n) is 15.8. The molecule has 0 aliphatic carbocycles. The third-order valence-corrected chi connectivity index (χ3v) is 7.10. The molecule has 5 heteroatoms. The van der Waals surface area contributed by atoms with E-state index in [4.69, 9.17) is 9.47 Å². The van der Waals surface area contributed by atoms with E-state index in [1.807, 2.05) is 18.2 Å². The number of hydrogen-bond acceptors (Lipinski definition) is 4. The highest BCUT2D eigenvalue weighted by atomic mass is 16.7. The largest absolute Gasteiger partial charge is 0.454 e. The maximum atomic E-state index is 13.6. The topological polar surface area (TPSA) is 42.0 Å². The van der Waals surface area contributed by atoms with Gasteiger partial charge in [0.25, 0.3) is 5.91 Å². The molecular formula is C23H24N2O3. The molecule has 5 aliphatic heterocycles. The Morgan fingerprint density at radius 2 is 1.71 bits per heavy atom. The van der Waals surface area contributed by atoms with E-state index >= 15 is 0 Å². The second-order valence-corrected chi connectivity index (χ2v) is 8.40. The molecule has 7 rings (SSSR count). The van der Waals surface area contributed by atoms with E-state index in [-0.39, 0.29) is 12.7 Å². The van der Waals surface area contributed by atoms with E-state index < -0.39 is 0 Å². The lowest BCUT2D eigenvalue weighted by atomic mass is 9.75. The van der Waals surface area contributed by atoms with Crippen LogP contribution in [0.3, 0.4) is 0 Å². The van der Waals surface area contributed by atoms with Gasteiger partial charge in [-0.15, -0.1) is 0 Å². The molecule has 0 N–H and O–H groups in total. The van der Waals surface area contributed by atoms with Crippen molar-refractivity contribution in [1.29, 1.82) is 0 Å². The quantitative estimate of drug-likeness (QED) is 0.808. The predicted octanol–water partition coefficient (Wildman–Crippen LogP) is 3.12. The van der Waals surface area contributed by atoms with Gasteiger partial charge >= 0.3 is 0 Å². The highest BCUT2D eigenvalue weighted by molar-refractivity contribution is 5.95. The van der Waals surface area contributed by atoms with Gasteiger partial charge in [-0.25, -0.2) is 0 Å². The number of likely N-dealkylation sites (tertiary alicyclic amines) is 1. The highest BCUT2D eigenvalue weighted by Gasteiger charge is 2.54. The Balaban J connectivity index is 1.37. The van der Waals surface area contributed by atoms with Gasteiger partial charge in [0.1, 0.15) is 0 Å². The molecule has 0 spiro atoms. The second-order valence-electron chi connectivity index (χ2n) is 8.40. The molecule has 5 aliphatic rings. The normalized spacial score (nSPS) is 32.4. The van der Waals surface area contributed by atoms with Gasteiger partial charge in [0.2, 0.25) is 6.79 Å². The summed E-state index contributed by atoms with van der Waals surface area (Å²) >= 11 is 0. The number of carbonyl (C=O) groups excluding carboxylic acids is 1. The molecule has 5 nitrogen and oxygen atoms in total. The summed E-state index contributed by atoms with van der Waals surface area (Å²) in [5.41, 5.74) is 2.05. The minimum atomic E-state index is 0.125. The van der Waals surface area contributed by atoms with Crippen LogP contribution in [0.5, 0.6) is 11.5 Å². The standard InChI is InChI=1S/C23H24N2O3/c26-23(17-6-7-19-20(12-17)28-14-27-19)25-13-18(15-4-2-1-3-5-15)22-21(25)16-8-10-24(22)11-9-16/h1-7,12,16,18,21-22H,8-11,13-14H2/t18-,21+,22+/m0/s1. The molecule has 1 amide bonds. The fourth-order valence-corrected chi connectivity index (χ4v) is 5.84. The molecule has 3 atom stereocenters. The van der Waals surface area contributed by atoms with Gasteiger partial charge in [0.15, 0.2) is 11.5 Å². The van der Waals surface area contributed by atoms with E-state index in [1.54, 1.807) is 0 Å². The first kappa shape index (κ1) is 16.4. The fourth-order valence-electron chi connectivity index (χ4n) is 5.84. The Morgan fingerprint density at radius 1 is 0.929 bits per heavy atom. The number of ether oxygens (including phenoxy) is 2. The Labute approximate surface area is 164 Å². The van der Waals surface area contributed by atoms with Crippen LogP contribution in [0, 0.1) is 5.92 Å². The van der Waals surface area contributed by atoms with Crippen LogP contribution in [0.2, 0.25) is 0 Å². The number of fused-ring (bicyclic) bond motifs is 3. The van der Waals surface area contributed by atoms with Crippen LogP contribution in [0.15, 0.2) is 48.5 Å². The lowest BCUT2D eigenvalue weighted by Gasteiger charge is -2.51. The fraction of sp³-hybridized carbons (Fsp3) is 0.435. The first-order valence-corrected chi connectivity index (χ1v) is 10.3. The van der Waals surface area contributed by atoms with E-state index in [0.717, 1.165) is 12.3 Å². The first-order chi connectivity index (χ1) is 13.8. The van der Waals surface area contributed by atoms with E-state index in [1.165, 1.54) is 31.5 Å². The minimum absolute atomic E-state index is 0.125. The third-order valence-electron chi connectivity index (χ3n) is 7.10. The Kier molecular flexibility index (Phi) is 3.66. The van der Waals surface area contributed by atoms with Crippen molar-refractivity contribution in [3.05, 3.63) is 59.7 Å². The summed E-state index contributed by atoms with van der Waals surface area (Å²) in [5, 5.41) is 0. The van der Waals surface area contributed by atoms with Crippen LogP contribution in [-0.2, 0) is 0 Å². The van der Waals surface area contributed by atoms with Crippen molar-refractivity contribution in [1.82, 2.24) is 9.80 Å². The molecule has 4 saturated heterocycles. The molecule has 4 fully saturated rings. The molecule has 2 aromatic carbocycles. The van der Waals surface area contributed by atoms with Crippen LogP contribution >= 0.6 is 0 Å². The van der Waals surface area contributed by atoms with Crippen molar-refractivity contribution in [2.75, 3.05) is 26.4 Å². The molecule has 0 radical (unpaired) electrons. The number of hydrogen-bond donors (Lipinski definition) is 0. The van der Waals surface area contributed by atoms with Crippen LogP contribution < -0.4 is 9.47 Å². The number of piperidine rings is 3. The van der Waals surface area contributed by atoms with E-state index in [2.05, 4.69) is 40.1 Å². The van der Waals surface area contributed by atoms with Crippen molar-refractivity contribution < 1.29 is 14.3 Å². The number of benzene rings is 2. The molecule has 0 unspecified atom stereocenters. The zero-order chi connectivity index (χ0) is 18.7. The number of carbonyl (C=O) groups is 1. The zero-order valence-corrected chi connectivity index (χ0v) is 15.8. The van der Waals surface area contributed by atoms with E-state index in [0.29, 0.717) is 35.2 Å². The maximum Gasteiger partial charge on any atom is 0.254 e. The number of nitrogens with zero attached hydrogens (tertiary/aromatic N) is 2. The molecule has 0 saturated carbocycles. The summed E-state index contributed by atoms with van der Waals surface area (Å²) in [6.45, 7) is 3.36. The molecule has 28 heavy (non-hydrogen) atoms. The van der Waals surface area contributed by atoms with Crippen molar-refractivity contribution in [2.45, 2.75) is 30.8 Å². The Bertz CT molecular complexity index is 907. The SMILES string of the molecule is O=C(c1ccc2c(c1)OCO2)N1C[C@@H](c2ccccc2)[C@@H]2[C@H]1C1CCN2CC1. The van der Waals surface area contributed by atoms with Gasteiger partial charge in [-0.3, -0.25) is 9.69 Å². The Hall–Kier alpha value is -2.53. The van der Waals surface area contributed by atoms with Crippen molar-refractivity contribution in [3.63, 3.8) is 0 Å². The second kappa shape index (κ2) is 6.24. The van der Waals surface area contributed by atoms with Gasteiger partial charge < -0.3 is 14.4 Å². The maximum absolute atomic E-state index is 13.6. The number of amides is 1. The molecule has 5 heterocycles. The predicted molar refractivity (Wildman–Crippen MR) is 105 cm³/mol. The van der Waals surface area contributed by atoms with Crippen molar-refractivity contribution in [3.8, 4) is 11.5 Å². The smallest absolute Gasteiger partial charge is 0.254 e. The molecule has 0 aromatic heterocycles. The average Bonchev–Trinajstić information content (AvgIpc) is 3.40. The summed E-state index contributed by atoms with van der Waals surface area (Å²) < 4.78 is 10.9. The van der Waals surface area contributed by atoms with Crippen LogP contribution in [-0.4, -0.2) is 54.2 Å². The lowest BCUT2D eigenvalue weighted by Crippen LogP contribution is -2.60. The number of rotatable bonds is 2. The van der Waals surface area contributed by atoms with Gasteiger partial charge in [-0.1, -0.05) is 30.3 Å². The average molecular weight is 376 g/mol. The van der Waals surface area contributed by atoms with Crippen LogP contribution in [0.4, 0.5) is 0 Å². The highest BCUT2D eigenvalue weighted by Crippen LogP contribution is 2.47. The van der Waals surface area contributed by atoms with Gasteiger partial charge in [0.05, 0.1) is 6.04 Å². The molecule has 144 valence electrons.